The smallest absolute Gasteiger partial charge is 0.129 e. The molecule has 0 bridgehead atoms. The predicted octanol–water partition coefficient (Wildman–Crippen LogP) is 3.09. The summed E-state index contributed by atoms with van der Waals surface area (Å²) in [5.74, 6) is 1.75. The first-order valence-electron chi connectivity index (χ1n) is 6.60. The fraction of sp³-hybridized carbons (Fsp3) is 0.714. The highest BCUT2D eigenvalue weighted by Crippen LogP contribution is 2.26. The highest BCUT2D eigenvalue weighted by atomic mass is 16.5. The van der Waals surface area contributed by atoms with Gasteiger partial charge in [0, 0.05) is 12.1 Å². The molecule has 0 aliphatic heterocycles. The average Bonchev–Trinajstić information content (AvgIpc) is 2.75. The van der Waals surface area contributed by atoms with Crippen LogP contribution in [0, 0.1) is 5.92 Å². The molecule has 1 aromatic heterocycles. The summed E-state index contributed by atoms with van der Waals surface area (Å²) in [6.07, 6.45) is 7.29. The zero-order valence-corrected chi connectivity index (χ0v) is 10.9. The molecule has 2 rings (SSSR count). The number of furan rings is 1. The van der Waals surface area contributed by atoms with Crippen LogP contribution in [0.4, 0.5) is 0 Å². The fourth-order valence-electron chi connectivity index (χ4n) is 2.53. The number of ether oxygens (including phenoxy) is 1. The van der Waals surface area contributed by atoms with Crippen molar-refractivity contribution in [1.82, 2.24) is 5.32 Å². The molecule has 0 spiro atoms. The molecule has 17 heavy (non-hydrogen) atoms. The average molecular weight is 237 g/mol. The maximum Gasteiger partial charge on any atom is 0.129 e. The number of hydrogen-bond acceptors (Lipinski definition) is 3. The van der Waals surface area contributed by atoms with E-state index < -0.39 is 0 Å². The Labute approximate surface area is 104 Å². The van der Waals surface area contributed by atoms with Crippen molar-refractivity contribution in [3.63, 3.8) is 0 Å². The molecule has 96 valence electrons. The highest BCUT2D eigenvalue weighted by molar-refractivity contribution is 5.11. The van der Waals surface area contributed by atoms with Gasteiger partial charge < -0.3 is 14.5 Å². The van der Waals surface area contributed by atoms with Crippen molar-refractivity contribution in [3.05, 3.63) is 23.7 Å². The molecule has 1 heterocycles. The standard InChI is InChI=1S/C14H23NO2/c1-11-4-3-5-13(6-11)17-10-14-7-12(8-15-2)9-16-14/h7,9,11,13,15H,3-6,8,10H2,1-2H3. The van der Waals surface area contributed by atoms with E-state index >= 15 is 0 Å². The Morgan fingerprint density at radius 1 is 1.47 bits per heavy atom. The van der Waals surface area contributed by atoms with Gasteiger partial charge in [-0.05, 0) is 31.9 Å². The largest absolute Gasteiger partial charge is 0.467 e. The van der Waals surface area contributed by atoms with Crippen molar-refractivity contribution in [2.75, 3.05) is 7.05 Å². The van der Waals surface area contributed by atoms with Gasteiger partial charge in [0.15, 0.2) is 0 Å². The number of hydrogen-bond donors (Lipinski definition) is 1. The Morgan fingerprint density at radius 3 is 3.12 bits per heavy atom. The van der Waals surface area contributed by atoms with Crippen LogP contribution >= 0.6 is 0 Å². The van der Waals surface area contributed by atoms with Gasteiger partial charge in [-0.15, -0.1) is 0 Å². The van der Waals surface area contributed by atoms with E-state index in [2.05, 4.69) is 18.3 Å². The molecule has 3 heteroatoms. The molecule has 1 fully saturated rings. The minimum atomic E-state index is 0.427. The molecule has 3 nitrogen and oxygen atoms in total. The van der Waals surface area contributed by atoms with Crippen LogP contribution in [0.15, 0.2) is 16.7 Å². The fourth-order valence-corrected chi connectivity index (χ4v) is 2.53. The number of rotatable bonds is 5. The molecule has 0 radical (unpaired) electrons. The van der Waals surface area contributed by atoms with E-state index in [0.717, 1.165) is 18.2 Å². The second-order valence-corrected chi connectivity index (χ2v) is 5.16. The summed E-state index contributed by atoms with van der Waals surface area (Å²) in [6.45, 7) is 3.78. The van der Waals surface area contributed by atoms with Gasteiger partial charge in [0.05, 0.1) is 12.4 Å². The molecule has 1 N–H and O–H groups in total. The Hall–Kier alpha value is -0.800. The summed E-state index contributed by atoms with van der Waals surface area (Å²) < 4.78 is 11.4. The summed E-state index contributed by atoms with van der Waals surface area (Å²) >= 11 is 0. The van der Waals surface area contributed by atoms with Gasteiger partial charge >= 0.3 is 0 Å². The topological polar surface area (TPSA) is 34.4 Å². The third kappa shape index (κ3) is 3.86. The van der Waals surface area contributed by atoms with Crippen LogP contribution in [0.2, 0.25) is 0 Å². The van der Waals surface area contributed by atoms with Gasteiger partial charge in [-0.25, -0.2) is 0 Å². The van der Waals surface area contributed by atoms with Crippen LogP contribution < -0.4 is 5.32 Å². The van der Waals surface area contributed by atoms with E-state index in [-0.39, 0.29) is 0 Å². The molecule has 1 aliphatic carbocycles. The summed E-state index contributed by atoms with van der Waals surface area (Å²) in [5.41, 5.74) is 1.18. The lowest BCUT2D eigenvalue weighted by molar-refractivity contribution is -0.00264. The van der Waals surface area contributed by atoms with Crippen LogP contribution in [-0.2, 0) is 17.9 Å². The lowest BCUT2D eigenvalue weighted by atomic mass is 9.89. The van der Waals surface area contributed by atoms with Crippen molar-refractivity contribution in [1.29, 1.82) is 0 Å². The first-order chi connectivity index (χ1) is 8.28. The van der Waals surface area contributed by atoms with Crippen molar-refractivity contribution in [3.8, 4) is 0 Å². The second-order valence-electron chi connectivity index (χ2n) is 5.16. The van der Waals surface area contributed by atoms with E-state index in [0.29, 0.717) is 12.7 Å². The summed E-state index contributed by atoms with van der Waals surface area (Å²) in [6, 6.07) is 2.07. The van der Waals surface area contributed by atoms with Crippen molar-refractivity contribution in [2.45, 2.75) is 51.9 Å². The second kappa shape index (κ2) is 6.22. The van der Waals surface area contributed by atoms with Gasteiger partial charge in [0.25, 0.3) is 0 Å². The lowest BCUT2D eigenvalue weighted by Gasteiger charge is -2.26. The highest BCUT2D eigenvalue weighted by Gasteiger charge is 2.19. The lowest BCUT2D eigenvalue weighted by Crippen LogP contribution is -2.21. The molecule has 2 unspecified atom stereocenters. The molecule has 1 saturated carbocycles. The maximum atomic E-state index is 5.92. The zero-order valence-electron chi connectivity index (χ0n) is 10.9. The molecule has 2 atom stereocenters. The Bertz CT molecular complexity index is 335. The predicted molar refractivity (Wildman–Crippen MR) is 67.7 cm³/mol. The van der Waals surface area contributed by atoms with Crippen molar-refractivity contribution < 1.29 is 9.15 Å². The van der Waals surface area contributed by atoms with E-state index in [4.69, 9.17) is 9.15 Å². The van der Waals surface area contributed by atoms with Crippen molar-refractivity contribution >= 4 is 0 Å². The Balaban J connectivity index is 1.76. The molecule has 0 saturated heterocycles. The van der Waals surface area contributed by atoms with Crippen LogP contribution in [-0.4, -0.2) is 13.2 Å². The van der Waals surface area contributed by atoms with Gasteiger partial charge in [-0.1, -0.05) is 19.8 Å². The van der Waals surface area contributed by atoms with E-state index in [1.165, 1.54) is 31.2 Å². The third-order valence-corrected chi connectivity index (χ3v) is 3.44. The van der Waals surface area contributed by atoms with Crippen molar-refractivity contribution in [2.24, 2.45) is 5.92 Å². The first kappa shape index (κ1) is 12.7. The van der Waals surface area contributed by atoms with Crippen LogP contribution in [0.5, 0.6) is 0 Å². The van der Waals surface area contributed by atoms with Gasteiger partial charge in [-0.3, -0.25) is 0 Å². The van der Waals surface area contributed by atoms with Gasteiger partial charge in [0.1, 0.15) is 12.4 Å². The zero-order chi connectivity index (χ0) is 12.1. The first-order valence-corrected chi connectivity index (χ1v) is 6.60. The van der Waals surface area contributed by atoms with E-state index in [1.807, 2.05) is 7.05 Å². The Kier molecular flexibility index (Phi) is 4.63. The van der Waals surface area contributed by atoms with Gasteiger partial charge in [-0.2, -0.15) is 0 Å². The van der Waals surface area contributed by atoms with Crippen LogP contribution in [0.1, 0.15) is 43.9 Å². The van der Waals surface area contributed by atoms with Crippen LogP contribution in [0.3, 0.4) is 0 Å². The molecule has 1 aromatic rings. The molecular weight excluding hydrogens is 214 g/mol. The molecular formula is C14H23NO2. The minimum Gasteiger partial charge on any atom is -0.467 e. The summed E-state index contributed by atoms with van der Waals surface area (Å²) in [7, 11) is 1.94. The normalized spacial score (nSPS) is 25.1. The Morgan fingerprint density at radius 2 is 2.35 bits per heavy atom. The molecule has 1 aliphatic rings. The molecule has 0 aromatic carbocycles. The maximum absolute atomic E-state index is 5.92. The third-order valence-electron chi connectivity index (χ3n) is 3.44. The van der Waals surface area contributed by atoms with E-state index in [1.54, 1.807) is 6.26 Å². The summed E-state index contributed by atoms with van der Waals surface area (Å²) in [4.78, 5) is 0. The quantitative estimate of drug-likeness (QED) is 0.854. The van der Waals surface area contributed by atoms with Gasteiger partial charge in [0.2, 0.25) is 0 Å². The SMILES string of the molecule is CNCc1coc(COC2CCCC(C)C2)c1. The van der Waals surface area contributed by atoms with Crippen LogP contribution in [0.25, 0.3) is 0 Å². The monoisotopic (exact) mass is 237 g/mol. The number of nitrogens with one attached hydrogen (secondary N) is 1. The summed E-state index contributed by atoms with van der Waals surface area (Å²) in [5, 5.41) is 3.11. The minimum absolute atomic E-state index is 0.427. The molecule has 0 amide bonds. The van der Waals surface area contributed by atoms with E-state index in [9.17, 15) is 0 Å².